The van der Waals surface area contributed by atoms with E-state index in [-0.39, 0.29) is 18.7 Å². The molecule has 0 aliphatic carbocycles. The largest absolute Gasteiger partial charge is 0.375 e. The lowest BCUT2D eigenvalue weighted by Gasteiger charge is -2.22. The molecule has 1 aliphatic rings. The average molecular weight is 511 g/mol. The number of nitrogens with zero attached hydrogens (tertiary/aromatic N) is 1. The van der Waals surface area contributed by atoms with Gasteiger partial charge >= 0.3 is 0 Å². The van der Waals surface area contributed by atoms with E-state index in [0.717, 1.165) is 9.35 Å². The van der Waals surface area contributed by atoms with E-state index in [0.29, 0.717) is 26.2 Å². The number of Topliss-reactive ketones (excluding diaryl/α,β-unsaturated/α-hetero) is 1. The summed E-state index contributed by atoms with van der Waals surface area (Å²) in [6.07, 6.45) is -0.358. The number of halogens is 3. The second-order valence-corrected chi connectivity index (χ2v) is 10.1. The maximum Gasteiger partial charge on any atom is 0.264 e. The average Bonchev–Trinajstić information content (AvgIpc) is 3.20. The van der Waals surface area contributed by atoms with Crippen LogP contribution in [-0.4, -0.2) is 16.8 Å². The molecule has 1 aliphatic heterocycles. The summed E-state index contributed by atoms with van der Waals surface area (Å²) in [5.74, 6) is -0.857. The lowest BCUT2D eigenvalue weighted by molar-refractivity contribution is -0.136. The van der Waals surface area contributed by atoms with Crippen molar-refractivity contribution in [3.8, 4) is 0 Å². The molecule has 3 aromatic rings. The van der Waals surface area contributed by atoms with E-state index in [1.54, 1.807) is 42.5 Å². The fraction of sp³-hybridized carbons (Fsp3) is 0.143. The molecular formula is C21H14BrCl2NO3S. The molecule has 0 spiro atoms. The van der Waals surface area contributed by atoms with E-state index in [4.69, 9.17) is 23.2 Å². The lowest BCUT2D eigenvalue weighted by Crippen LogP contribution is -2.41. The number of aliphatic hydroxyl groups is 1. The first-order chi connectivity index (χ1) is 13.8. The summed E-state index contributed by atoms with van der Waals surface area (Å²) in [7, 11) is 0. The number of fused-ring (bicyclic) bond motifs is 1. The Morgan fingerprint density at radius 2 is 1.76 bits per heavy atom. The van der Waals surface area contributed by atoms with Crippen molar-refractivity contribution in [3.63, 3.8) is 0 Å². The van der Waals surface area contributed by atoms with Gasteiger partial charge in [0.15, 0.2) is 11.4 Å². The highest BCUT2D eigenvalue weighted by Crippen LogP contribution is 2.45. The number of ketones is 1. The van der Waals surface area contributed by atoms with Crippen molar-refractivity contribution in [2.75, 3.05) is 4.90 Å². The summed E-state index contributed by atoms with van der Waals surface area (Å²) in [4.78, 5) is 28.0. The topological polar surface area (TPSA) is 57.6 Å². The van der Waals surface area contributed by atoms with E-state index in [2.05, 4.69) is 15.9 Å². The molecule has 0 fully saturated rings. The van der Waals surface area contributed by atoms with Gasteiger partial charge in [0, 0.05) is 15.6 Å². The molecule has 4 rings (SSSR count). The summed E-state index contributed by atoms with van der Waals surface area (Å²) < 4.78 is 0.804. The number of hydrogen-bond acceptors (Lipinski definition) is 4. The summed E-state index contributed by atoms with van der Waals surface area (Å²) in [5.41, 5.74) is -0.244. The summed E-state index contributed by atoms with van der Waals surface area (Å²) in [5, 5.41) is 12.3. The van der Waals surface area contributed by atoms with Crippen LogP contribution in [-0.2, 0) is 16.9 Å². The van der Waals surface area contributed by atoms with E-state index < -0.39 is 11.5 Å². The molecule has 0 radical (unpaired) electrons. The van der Waals surface area contributed by atoms with Crippen molar-refractivity contribution in [2.24, 2.45) is 0 Å². The van der Waals surface area contributed by atoms with Crippen molar-refractivity contribution >= 4 is 67.8 Å². The van der Waals surface area contributed by atoms with Gasteiger partial charge in [-0.2, -0.15) is 0 Å². The van der Waals surface area contributed by atoms with Gasteiger partial charge in [-0.15, -0.1) is 11.3 Å². The van der Waals surface area contributed by atoms with E-state index >= 15 is 0 Å². The highest BCUT2D eigenvalue weighted by molar-refractivity contribution is 9.11. The van der Waals surface area contributed by atoms with Crippen LogP contribution in [0.1, 0.15) is 27.2 Å². The number of amides is 1. The van der Waals surface area contributed by atoms with Crippen LogP contribution < -0.4 is 4.90 Å². The number of rotatable bonds is 5. The maximum atomic E-state index is 13.3. The Morgan fingerprint density at radius 1 is 1.07 bits per heavy atom. The number of thiophene rings is 1. The van der Waals surface area contributed by atoms with Crippen molar-refractivity contribution in [2.45, 2.75) is 18.6 Å². The Bertz CT molecular complexity index is 1120. The van der Waals surface area contributed by atoms with Gasteiger partial charge in [0.2, 0.25) is 0 Å². The fourth-order valence-corrected chi connectivity index (χ4v) is 5.03. The van der Waals surface area contributed by atoms with Crippen LogP contribution >= 0.6 is 50.5 Å². The smallest absolute Gasteiger partial charge is 0.264 e. The van der Waals surface area contributed by atoms with Gasteiger partial charge in [0.05, 0.1) is 27.3 Å². The molecule has 1 amide bonds. The Labute approximate surface area is 189 Å². The van der Waals surface area contributed by atoms with Gasteiger partial charge in [-0.05, 0) is 64.0 Å². The van der Waals surface area contributed by atoms with Gasteiger partial charge < -0.3 is 10.0 Å². The minimum Gasteiger partial charge on any atom is -0.375 e. The molecule has 0 saturated heterocycles. The zero-order valence-corrected chi connectivity index (χ0v) is 18.8. The zero-order valence-electron chi connectivity index (χ0n) is 14.9. The molecule has 0 saturated carbocycles. The van der Waals surface area contributed by atoms with E-state index in [1.807, 2.05) is 12.1 Å². The molecule has 1 aromatic heterocycles. The molecule has 148 valence electrons. The molecule has 4 nitrogen and oxygen atoms in total. The Kier molecular flexibility index (Phi) is 5.57. The van der Waals surface area contributed by atoms with Gasteiger partial charge in [-0.1, -0.05) is 35.3 Å². The third kappa shape index (κ3) is 3.88. The molecule has 2 aromatic carbocycles. The monoisotopic (exact) mass is 509 g/mol. The van der Waals surface area contributed by atoms with Crippen LogP contribution in [0.5, 0.6) is 0 Å². The molecule has 1 N–H and O–H groups in total. The number of anilines is 1. The normalized spacial score (nSPS) is 18.2. The molecule has 0 bridgehead atoms. The zero-order chi connectivity index (χ0) is 20.8. The van der Waals surface area contributed by atoms with Crippen molar-refractivity contribution in [3.05, 3.63) is 84.4 Å². The first-order valence-corrected chi connectivity index (χ1v) is 11.0. The number of benzene rings is 2. The van der Waals surface area contributed by atoms with Gasteiger partial charge in [0.25, 0.3) is 5.91 Å². The minimum absolute atomic E-state index is 0.242. The standard InChI is InChI=1S/C21H14BrCl2NO3S/c22-19-8-7-18(29-19)17(26)10-21(28)15-9-14(24)5-6-16(15)25(20(21)27)11-12-1-3-13(23)4-2-12/h1-9,28H,10-11H2. The van der Waals surface area contributed by atoms with Crippen LogP contribution in [0.3, 0.4) is 0 Å². The maximum absolute atomic E-state index is 13.3. The molecule has 1 unspecified atom stereocenters. The summed E-state index contributed by atoms with van der Waals surface area (Å²) in [6.45, 7) is 0.242. The van der Waals surface area contributed by atoms with Crippen LogP contribution in [0.4, 0.5) is 5.69 Å². The minimum atomic E-state index is -1.97. The number of carbonyl (C=O) groups excluding carboxylic acids is 2. The first-order valence-electron chi connectivity index (χ1n) is 8.65. The fourth-order valence-electron chi connectivity index (χ4n) is 3.41. The SMILES string of the molecule is O=C(CC1(O)C(=O)N(Cc2ccc(Cl)cc2)c2ccc(Cl)cc21)c1ccc(Br)s1. The van der Waals surface area contributed by atoms with Gasteiger partial charge in [-0.25, -0.2) is 0 Å². The van der Waals surface area contributed by atoms with Crippen molar-refractivity contribution < 1.29 is 14.7 Å². The third-order valence-corrected chi connectivity index (χ3v) is 6.96. The highest BCUT2D eigenvalue weighted by atomic mass is 79.9. The van der Waals surface area contributed by atoms with Crippen LogP contribution in [0, 0.1) is 0 Å². The Morgan fingerprint density at radius 3 is 2.41 bits per heavy atom. The van der Waals surface area contributed by atoms with E-state index in [1.165, 1.54) is 16.2 Å². The van der Waals surface area contributed by atoms with Crippen molar-refractivity contribution in [1.82, 2.24) is 0 Å². The summed E-state index contributed by atoms with van der Waals surface area (Å²) in [6, 6.07) is 15.4. The number of carbonyl (C=O) groups is 2. The van der Waals surface area contributed by atoms with Gasteiger partial charge in [0.1, 0.15) is 0 Å². The molecule has 2 heterocycles. The van der Waals surface area contributed by atoms with Gasteiger partial charge in [-0.3, -0.25) is 9.59 Å². The molecule has 8 heteroatoms. The molecular weight excluding hydrogens is 497 g/mol. The van der Waals surface area contributed by atoms with Crippen LogP contribution in [0.25, 0.3) is 0 Å². The lowest BCUT2D eigenvalue weighted by atomic mass is 9.89. The van der Waals surface area contributed by atoms with E-state index in [9.17, 15) is 14.7 Å². The first kappa shape index (κ1) is 20.6. The van der Waals surface area contributed by atoms with Crippen LogP contribution in [0.15, 0.2) is 58.4 Å². The quantitative estimate of drug-likeness (QED) is 0.439. The second-order valence-electron chi connectivity index (χ2n) is 6.74. The Hall–Kier alpha value is -1.70. The highest BCUT2D eigenvalue weighted by Gasteiger charge is 2.51. The predicted molar refractivity (Wildman–Crippen MR) is 119 cm³/mol. The Balaban J connectivity index is 1.71. The van der Waals surface area contributed by atoms with Crippen molar-refractivity contribution in [1.29, 1.82) is 0 Å². The second kappa shape index (κ2) is 7.85. The summed E-state index contributed by atoms with van der Waals surface area (Å²) >= 11 is 16.7. The van der Waals surface area contributed by atoms with Crippen LogP contribution in [0.2, 0.25) is 10.0 Å². The molecule has 29 heavy (non-hydrogen) atoms. The number of hydrogen-bond donors (Lipinski definition) is 1. The predicted octanol–water partition coefficient (Wildman–Crippen LogP) is 5.82. The molecule has 1 atom stereocenters. The third-order valence-electron chi connectivity index (χ3n) is 4.81.